The molecule has 0 aliphatic carbocycles. The van der Waals surface area contributed by atoms with E-state index >= 15 is 0 Å². The molecule has 1 aromatic rings. The maximum atomic E-state index is 11.5. The zero-order valence-corrected chi connectivity index (χ0v) is 21.1. The topological polar surface area (TPSA) is 114 Å². The van der Waals surface area contributed by atoms with Crippen molar-refractivity contribution in [1.29, 1.82) is 0 Å². The van der Waals surface area contributed by atoms with E-state index in [4.69, 9.17) is 23.7 Å². The van der Waals surface area contributed by atoms with Crippen LogP contribution < -0.4 is 9.47 Å². The van der Waals surface area contributed by atoms with Gasteiger partial charge in [-0.05, 0) is 42.5 Å². The molecule has 0 spiro atoms. The van der Waals surface area contributed by atoms with Crippen molar-refractivity contribution < 1.29 is 42.9 Å². The number of rotatable bonds is 16. The Kier molecular flexibility index (Phi) is 14.7. The maximum Gasteiger partial charge on any atom is 0.303 e. The fourth-order valence-electron chi connectivity index (χ4n) is 3.02. The minimum atomic E-state index is -0.581. The van der Waals surface area contributed by atoms with E-state index in [2.05, 4.69) is 0 Å². The van der Waals surface area contributed by atoms with Gasteiger partial charge in [0.05, 0.1) is 7.11 Å². The van der Waals surface area contributed by atoms with Gasteiger partial charge >= 0.3 is 17.9 Å². The Bertz CT molecular complexity index is 916. The first-order valence-electron chi connectivity index (χ1n) is 11.5. The molecule has 3 atom stereocenters. The van der Waals surface area contributed by atoms with Crippen molar-refractivity contribution in [1.82, 2.24) is 0 Å². The SMILES string of the molecule is COc1ccc(OC[C@H](C/C=C/[C@@H](C/C=C/[C@@H](C/C=C/C=O)OC(C)=O)OC(C)=O)OC(C)=O)cc1. The van der Waals surface area contributed by atoms with Crippen LogP contribution in [0.25, 0.3) is 0 Å². The van der Waals surface area contributed by atoms with Crippen LogP contribution in [0.2, 0.25) is 0 Å². The van der Waals surface area contributed by atoms with E-state index in [-0.39, 0.29) is 6.61 Å². The molecule has 0 saturated heterocycles. The molecule has 0 saturated carbocycles. The summed E-state index contributed by atoms with van der Waals surface area (Å²) >= 11 is 0. The van der Waals surface area contributed by atoms with Crippen LogP contribution in [0.4, 0.5) is 0 Å². The van der Waals surface area contributed by atoms with Crippen molar-refractivity contribution in [3.05, 3.63) is 60.7 Å². The molecular formula is C27H34O9. The van der Waals surface area contributed by atoms with Gasteiger partial charge < -0.3 is 23.7 Å². The molecule has 1 aromatic carbocycles. The van der Waals surface area contributed by atoms with Gasteiger partial charge in [-0.1, -0.05) is 18.2 Å². The molecule has 1 rings (SSSR count). The first kappa shape index (κ1) is 30.2. The molecule has 0 aromatic heterocycles. The molecule has 0 fully saturated rings. The van der Waals surface area contributed by atoms with Crippen molar-refractivity contribution in [2.45, 2.75) is 58.3 Å². The van der Waals surface area contributed by atoms with Gasteiger partial charge in [0.15, 0.2) is 0 Å². The fraction of sp³-hybridized carbons (Fsp3) is 0.407. The second-order valence-corrected chi connectivity index (χ2v) is 7.64. The van der Waals surface area contributed by atoms with Crippen LogP contribution in [0.5, 0.6) is 11.5 Å². The van der Waals surface area contributed by atoms with Crippen LogP contribution in [-0.2, 0) is 33.4 Å². The summed E-state index contributed by atoms with van der Waals surface area (Å²) in [5.41, 5.74) is 0. The number of methoxy groups -OCH3 is 1. The van der Waals surface area contributed by atoms with E-state index in [1.807, 2.05) is 0 Å². The smallest absolute Gasteiger partial charge is 0.303 e. The van der Waals surface area contributed by atoms with E-state index in [0.717, 1.165) is 0 Å². The van der Waals surface area contributed by atoms with Gasteiger partial charge in [0.25, 0.3) is 0 Å². The van der Waals surface area contributed by atoms with Crippen LogP contribution in [0.3, 0.4) is 0 Å². The Morgan fingerprint density at radius 2 is 1.25 bits per heavy atom. The van der Waals surface area contributed by atoms with Crippen molar-refractivity contribution in [3.8, 4) is 11.5 Å². The third-order valence-corrected chi connectivity index (χ3v) is 4.51. The van der Waals surface area contributed by atoms with Gasteiger partial charge in [-0.2, -0.15) is 0 Å². The molecule has 0 aliphatic rings. The Labute approximate surface area is 211 Å². The van der Waals surface area contributed by atoms with E-state index in [9.17, 15) is 19.2 Å². The Hall–Kier alpha value is -3.88. The van der Waals surface area contributed by atoms with Gasteiger partial charge in [-0.15, -0.1) is 0 Å². The summed E-state index contributed by atoms with van der Waals surface area (Å²) in [6.07, 6.45) is 9.73. The molecule has 36 heavy (non-hydrogen) atoms. The van der Waals surface area contributed by atoms with E-state index in [1.54, 1.807) is 61.8 Å². The zero-order chi connectivity index (χ0) is 26.8. The number of aldehydes is 1. The number of allylic oxidation sites excluding steroid dienone is 1. The van der Waals surface area contributed by atoms with Crippen LogP contribution in [0, 0.1) is 0 Å². The molecule has 0 radical (unpaired) electrons. The van der Waals surface area contributed by atoms with Gasteiger partial charge in [0.2, 0.25) is 0 Å². The summed E-state index contributed by atoms with van der Waals surface area (Å²) in [5, 5.41) is 0. The summed E-state index contributed by atoms with van der Waals surface area (Å²) < 4.78 is 26.7. The monoisotopic (exact) mass is 502 g/mol. The summed E-state index contributed by atoms with van der Waals surface area (Å²) in [6.45, 7) is 4.06. The van der Waals surface area contributed by atoms with Crippen LogP contribution >= 0.6 is 0 Å². The minimum absolute atomic E-state index is 0.132. The lowest BCUT2D eigenvalue weighted by Crippen LogP contribution is -2.23. The highest BCUT2D eigenvalue weighted by molar-refractivity contribution is 5.67. The normalized spacial score (nSPS) is 13.8. The second-order valence-electron chi connectivity index (χ2n) is 7.64. The third-order valence-electron chi connectivity index (χ3n) is 4.51. The number of hydrogen-bond acceptors (Lipinski definition) is 9. The number of carbonyl (C=O) groups excluding carboxylic acids is 4. The fourth-order valence-corrected chi connectivity index (χ4v) is 3.02. The Morgan fingerprint density at radius 3 is 1.75 bits per heavy atom. The average molecular weight is 503 g/mol. The number of carbonyl (C=O) groups is 4. The average Bonchev–Trinajstić information content (AvgIpc) is 2.81. The summed E-state index contributed by atoms with van der Waals surface area (Å²) in [4.78, 5) is 44.8. The Morgan fingerprint density at radius 1 is 0.750 bits per heavy atom. The molecule has 0 amide bonds. The number of benzene rings is 1. The number of hydrogen-bond donors (Lipinski definition) is 0. The lowest BCUT2D eigenvalue weighted by Gasteiger charge is -2.17. The molecule has 9 nitrogen and oxygen atoms in total. The van der Waals surface area contributed by atoms with Crippen LogP contribution in [0.1, 0.15) is 40.0 Å². The number of esters is 3. The standard InChI is InChI=1S/C27H34O9/c1-20(29)34-25(9-5-6-18-28)10-7-11-26(35-21(2)30)12-8-13-27(36-22(3)31)19-33-24-16-14-23(32-4)15-17-24/h5-8,10,12,14-18,25-27H,9,11,13,19H2,1-4H3/b6-5+,10-7+,12-8+/t25-,26-,27+/m1/s1. The minimum Gasteiger partial charge on any atom is -0.497 e. The van der Waals surface area contributed by atoms with Gasteiger partial charge in [0.1, 0.15) is 42.7 Å². The highest BCUT2D eigenvalue weighted by atomic mass is 16.6. The highest BCUT2D eigenvalue weighted by Gasteiger charge is 2.14. The molecule has 0 unspecified atom stereocenters. The molecule has 196 valence electrons. The maximum absolute atomic E-state index is 11.5. The molecule has 0 bridgehead atoms. The predicted octanol–water partition coefficient (Wildman–Crippen LogP) is 3.91. The first-order chi connectivity index (χ1) is 17.2. The van der Waals surface area contributed by atoms with Crippen molar-refractivity contribution >= 4 is 24.2 Å². The lowest BCUT2D eigenvalue weighted by atomic mass is 10.1. The van der Waals surface area contributed by atoms with E-state index < -0.39 is 36.2 Å². The van der Waals surface area contributed by atoms with Crippen molar-refractivity contribution in [3.63, 3.8) is 0 Å². The summed E-state index contributed by atoms with van der Waals surface area (Å²) in [6, 6.07) is 7.02. The Balaban J connectivity index is 2.76. The van der Waals surface area contributed by atoms with Crippen LogP contribution in [0.15, 0.2) is 60.7 Å². The third kappa shape index (κ3) is 14.4. The van der Waals surface area contributed by atoms with Gasteiger partial charge in [-0.3, -0.25) is 19.2 Å². The quantitative estimate of drug-likeness (QED) is 0.109. The first-order valence-corrected chi connectivity index (χ1v) is 11.5. The summed E-state index contributed by atoms with van der Waals surface area (Å²) in [5.74, 6) is -0.0441. The lowest BCUT2D eigenvalue weighted by molar-refractivity contribution is -0.147. The molecular weight excluding hydrogens is 468 g/mol. The van der Waals surface area contributed by atoms with Gasteiger partial charge in [-0.25, -0.2) is 0 Å². The van der Waals surface area contributed by atoms with Crippen molar-refractivity contribution in [2.24, 2.45) is 0 Å². The summed E-state index contributed by atoms with van der Waals surface area (Å²) in [7, 11) is 1.57. The predicted molar refractivity (Wildman–Crippen MR) is 132 cm³/mol. The van der Waals surface area contributed by atoms with E-state index in [1.165, 1.54) is 26.8 Å². The second kappa shape index (κ2) is 17.5. The largest absolute Gasteiger partial charge is 0.497 e. The van der Waals surface area contributed by atoms with Crippen molar-refractivity contribution in [2.75, 3.05) is 13.7 Å². The zero-order valence-electron chi connectivity index (χ0n) is 21.1. The van der Waals surface area contributed by atoms with Gasteiger partial charge in [0, 0.05) is 40.0 Å². The van der Waals surface area contributed by atoms with E-state index in [0.29, 0.717) is 37.0 Å². The molecule has 0 N–H and O–H groups in total. The molecule has 0 aliphatic heterocycles. The highest BCUT2D eigenvalue weighted by Crippen LogP contribution is 2.18. The molecule has 0 heterocycles. The van der Waals surface area contributed by atoms with Crippen LogP contribution in [-0.4, -0.2) is 56.2 Å². The number of ether oxygens (including phenoxy) is 5. The molecule has 9 heteroatoms.